The van der Waals surface area contributed by atoms with Crippen molar-refractivity contribution in [2.24, 2.45) is 5.14 Å². The van der Waals surface area contributed by atoms with Crippen LogP contribution in [0.4, 0.5) is 0 Å². The van der Waals surface area contributed by atoms with Crippen LogP contribution < -0.4 is 10.5 Å². The van der Waals surface area contributed by atoms with Crippen molar-refractivity contribution in [3.63, 3.8) is 0 Å². The molecule has 1 aromatic carbocycles. The maximum absolute atomic E-state index is 12.0. The Morgan fingerprint density at radius 3 is 2.60 bits per heavy atom. The SMILES string of the molecule is CCOC(C)CNC(=O)c1cc(C)cc(S(N)(=O)=O)c1. The fraction of sp³-hybridized carbons (Fsp3) is 0.462. The molecule has 1 amide bonds. The first-order valence-corrected chi connectivity index (χ1v) is 7.83. The molecule has 1 rings (SSSR count). The molecule has 0 spiro atoms. The van der Waals surface area contributed by atoms with Crippen LogP contribution >= 0.6 is 0 Å². The molecule has 1 aromatic rings. The number of aryl methyl sites for hydroxylation is 1. The smallest absolute Gasteiger partial charge is 0.251 e. The summed E-state index contributed by atoms with van der Waals surface area (Å²) in [7, 11) is -3.83. The highest BCUT2D eigenvalue weighted by Crippen LogP contribution is 2.13. The van der Waals surface area contributed by atoms with E-state index in [2.05, 4.69) is 5.32 Å². The minimum absolute atomic E-state index is 0.0690. The van der Waals surface area contributed by atoms with Gasteiger partial charge >= 0.3 is 0 Å². The predicted molar refractivity (Wildman–Crippen MR) is 76.0 cm³/mol. The number of hydrogen-bond donors (Lipinski definition) is 2. The van der Waals surface area contributed by atoms with Gasteiger partial charge in [-0.05, 0) is 44.5 Å². The van der Waals surface area contributed by atoms with E-state index in [-0.39, 0.29) is 22.5 Å². The summed E-state index contributed by atoms with van der Waals surface area (Å²) >= 11 is 0. The standard InChI is InChI=1S/C13H20N2O4S/c1-4-19-10(3)8-15-13(16)11-5-9(2)6-12(7-11)20(14,17)18/h5-7,10H,4,8H2,1-3H3,(H,15,16)(H2,14,17,18). The largest absolute Gasteiger partial charge is 0.377 e. The molecule has 0 aromatic heterocycles. The van der Waals surface area contributed by atoms with Crippen LogP contribution in [0.15, 0.2) is 23.1 Å². The quantitative estimate of drug-likeness (QED) is 0.811. The molecule has 0 fully saturated rings. The topological polar surface area (TPSA) is 98.5 Å². The van der Waals surface area contributed by atoms with Crippen LogP contribution in [0.3, 0.4) is 0 Å². The summed E-state index contributed by atoms with van der Waals surface area (Å²) < 4.78 is 28.0. The molecule has 0 bridgehead atoms. The summed E-state index contributed by atoms with van der Waals surface area (Å²) in [4.78, 5) is 11.9. The van der Waals surface area contributed by atoms with E-state index in [0.29, 0.717) is 18.7 Å². The van der Waals surface area contributed by atoms with Crippen molar-refractivity contribution in [2.75, 3.05) is 13.2 Å². The van der Waals surface area contributed by atoms with Crippen LogP contribution in [0.5, 0.6) is 0 Å². The van der Waals surface area contributed by atoms with E-state index in [9.17, 15) is 13.2 Å². The summed E-state index contributed by atoms with van der Waals surface area (Å²) in [5.74, 6) is -0.356. The summed E-state index contributed by atoms with van der Waals surface area (Å²) in [5.41, 5.74) is 0.914. The highest BCUT2D eigenvalue weighted by atomic mass is 32.2. The Hall–Kier alpha value is -1.44. The number of carbonyl (C=O) groups excluding carboxylic acids is 1. The van der Waals surface area contributed by atoms with Gasteiger partial charge in [0.05, 0.1) is 11.0 Å². The number of rotatable bonds is 6. The lowest BCUT2D eigenvalue weighted by Crippen LogP contribution is -2.32. The monoisotopic (exact) mass is 300 g/mol. The van der Waals surface area contributed by atoms with Gasteiger partial charge in [0.1, 0.15) is 0 Å². The van der Waals surface area contributed by atoms with Gasteiger partial charge in [-0.15, -0.1) is 0 Å². The van der Waals surface area contributed by atoms with Crippen molar-refractivity contribution in [3.05, 3.63) is 29.3 Å². The summed E-state index contributed by atoms with van der Waals surface area (Å²) in [5, 5.41) is 7.77. The van der Waals surface area contributed by atoms with Crippen molar-refractivity contribution in [1.82, 2.24) is 5.32 Å². The molecule has 0 heterocycles. The second-order valence-electron chi connectivity index (χ2n) is 4.56. The number of carbonyl (C=O) groups is 1. The second kappa shape index (κ2) is 6.83. The maximum atomic E-state index is 12.0. The molecule has 3 N–H and O–H groups in total. The zero-order valence-corrected chi connectivity index (χ0v) is 12.7. The number of nitrogens with two attached hydrogens (primary N) is 1. The molecular weight excluding hydrogens is 280 g/mol. The van der Waals surface area contributed by atoms with E-state index in [4.69, 9.17) is 9.88 Å². The van der Waals surface area contributed by atoms with Gasteiger partial charge in [0.2, 0.25) is 10.0 Å². The molecular formula is C13H20N2O4S. The molecule has 0 saturated carbocycles. The number of hydrogen-bond acceptors (Lipinski definition) is 4. The molecule has 1 atom stereocenters. The molecule has 20 heavy (non-hydrogen) atoms. The van der Waals surface area contributed by atoms with E-state index in [1.165, 1.54) is 12.1 Å². The van der Waals surface area contributed by atoms with E-state index in [1.807, 2.05) is 13.8 Å². The lowest BCUT2D eigenvalue weighted by molar-refractivity contribution is 0.0695. The second-order valence-corrected chi connectivity index (χ2v) is 6.12. The first kappa shape index (κ1) is 16.6. The Morgan fingerprint density at radius 2 is 2.05 bits per heavy atom. The molecule has 1 unspecified atom stereocenters. The minimum atomic E-state index is -3.83. The van der Waals surface area contributed by atoms with Crippen LogP contribution in [0.25, 0.3) is 0 Å². The van der Waals surface area contributed by atoms with Crippen molar-refractivity contribution in [3.8, 4) is 0 Å². The molecule has 0 radical (unpaired) electrons. The number of ether oxygens (including phenoxy) is 1. The predicted octanol–water partition coefficient (Wildman–Crippen LogP) is 0.797. The number of nitrogens with one attached hydrogen (secondary N) is 1. The van der Waals surface area contributed by atoms with Gasteiger partial charge in [-0.3, -0.25) is 4.79 Å². The zero-order valence-electron chi connectivity index (χ0n) is 11.8. The van der Waals surface area contributed by atoms with Gasteiger partial charge < -0.3 is 10.1 Å². The maximum Gasteiger partial charge on any atom is 0.251 e. The molecule has 0 aliphatic carbocycles. The Bertz CT molecular complexity index is 584. The third-order valence-electron chi connectivity index (χ3n) is 2.64. The van der Waals surface area contributed by atoms with Crippen LogP contribution in [0.1, 0.15) is 29.8 Å². The first-order valence-electron chi connectivity index (χ1n) is 6.28. The Morgan fingerprint density at radius 1 is 1.40 bits per heavy atom. The van der Waals surface area contributed by atoms with Crippen molar-refractivity contribution in [2.45, 2.75) is 31.8 Å². The van der Waals surface area contributed by atoms with Crippen LogP contribution in [0, 0.1) is 6.92 Å². The fourth-order valence-corrected chi connectivity index (χ4v) is 2.37. The number of amides is 1. The lowest BCUT2D eigenvalue weighted by Gasteiger charge is -2.13. The fourth-order valence-electron chi connectivity index (χ4n) is 1.73. The normalized spacial score (nSPS) is 13.0. The Kier molecular flexibility index (Phi) is 5.67. The van der Waals surface area contributed by atoms with E-state index < -0.39 is 10.0 Å². The highest BCUT2D eigenvalue weighted by Gasteiger charge is 2.14. The van der Waals surface area contributed by atoms with Crippen molar-refractivity contribution < 1.29 is 17.9 Å². The van der Waals surface area contributed by atoms with Gasteiger partial charge in [0.25, 0.3) is 5.91 Å². The van der Waals surface area contributed by atoms with Gasteiger partial charge in [-0.25, -0.2) is 13.6 Å². The zero-order chi connectivity index (χ0) is 15.3. The first-order chi connectivity index (χ1) is 9.24. The molecule has 0 saturated heterocycles. The molecule has 6 nitrogen and oxygen atoms in total. The van der Waals surface area contributed by atoms with E-state index >= 15 is 0 Å². The summed E-state index contributed by atoms with van der Waals surface area (Å²) in [6.45, 7) is 6.34. The van der Waals surface area contributed by atoms with Crippen LogP contribution in [-0.4, -0.2) is 33.6 Å². The average Bonchev–Trinajstić information content (AvgIpc) is 2.34. The minimum Gasteiger partial charge on any atom is -0.377 e. The van der Waals surface area contributed by atoms with Gasteiger partial charge in [-0.2, -0.15) is 0 Å². The van der Waals surface area contributed by atoms with E-state index in [1.54, 1.807) is 13.0 Å². The number of sulfonamides is 1. The molecule has 7 heteroatoms. The van der Waals surface area contributed by atoms with Gasteiger partial charge in [0.15, 0.2) is 0 Å². The number of benzene rings is 1. The highest BCUT2D eigenvalue weighted by molar-refractivity contribution is 7.89. The number of primary sulfonamides is 1. The van der Waals surface area contributed by atoms with E-state index in [0.717, 1.165) is 0 Å². The van der Waals surface area contributed by atoms with Crippen LogP contribution in [0.2, 0.25) is 0 Å². The van der Waals surface area contributed by atoms with Gasteiger partial charge in [0, 0.05) is 18.7 Å². The average molecular weight is 300 g/mol. The summed E-state index contributed by atoms with van der Waals surface area (Å²) in [6, 6.07) is 4.30. The Labute approximate surface area is 119 Å². The molecule has 0 aliphatic heterocycles. The Balaban J connectivity index is 2.86. The van der Waals surface area contributed by atoms with Crippen LogP contribution in [-0.2, 0) is 14.8 Å². The third kappa shape index (κ3) is 4.92. The van der Waals surface area contributed by atoms with Crippen molar-refractivity contribution >= 4 is 15.9 Å². The van der Waals surface area contributed by atoms with Crippen molar-refractivity contribution in [1.29, 1.82) is 0 Å². The lowest BCUT2D eigenvalue weighted by atomic mass is 10.1. The van der Waals surface area contributed by atoms with Gasteiger partial charge in [-0.1, -0.05) is 0 Å². The summed E-state index contributed by atoms with van der Waals surface area (Å²) in [6.07, 6.45) is -0.105. The third-order valence-corrected chi connectivity index (χ3v) is 3.54. The molecule has 112 valence electrons. The molecule has 0 aliphatic rings.